The molecule has 3 rings (SSSR count). The van der Waals surface area contributed by atoms with Gasteiger partial charge in [-0.25, -0.2) is 14.8 Å². The van der Waals surface area contributed by atoms with Crippen LogP contribution in [0.2, 0.25) is 5.02 Å². The highest BCUT2D eigenvalue weighted by molar-refractivity contribution is 6.33. The summed E-state index contributed by atoms with van der Waals surface area (Å²) < 4.78 is 4.68. The molecule has 0 aliphatic heterocycles. The molecule has 25 heavy (non-hydrogen) atoms. The van der Waals surface area contributed by atoms with Gasteiger partial charge in [0, 0.05) is 11.8 Å². The molecule has 6 nitrogen and oxygen atoms in total. The Morgan fingerprint density at radius 2 is 1.68 bits per heavy atom. The summed E-state index contributed by atoms with van der Waals surface area (Å²) in [6, 6.07) is 16.1. The molecule has 2 N–H and O–H groups in total. The van der Waals surface area contributed by atoms with E-state index in [0.717, 1.165) is 11.4 Å². The normalized spacial score (nSPS) is 10.2. The van der Waals surface area contributed by atoms with Crippen molar-refractivity contribution in [3.8, 4) is 0 Å². The molecule has 1 aromatic heterocycles. The Kier molecular flexibility index (Phi) is 5.11. The molecule has 126 valence electrons. The Labute approximate surface area is 149 Å². The van der Waals surface area contributed by atoms with Crippen molar-refractivity contribution in [3.05, 3.63) is 71.5 Å². The maximum atomic E-state index is 11.4. The minimum Gasteiger partial charge on any atom is -0.465 e. The quantitative estimate of drug-likeness (QED) is 0.661. The first-order valence-electron chi connectivity index (χ1n) is 7.45. The fourth-order valence-electron chi connectivity index (χ4n) is 2.15. The lowest BCUT2D eigenvalue weighted by Gasteiger charge is -2.10. The predicted octanol–water partition coefficient (Wildman–Crippen LogP) is 4.40. The molecular formula is C18H15ClN4O2. The van der Waals surface area contributed by atoms with Crippen LogP contribution < -0.4 is 10.6 Å². The van der Waals surface area contributed by atoms with Crippen molar-refractivity contribution in [3.63, 3.8) is 0 Å². The third kappa shape index (κ3) is 4.24. The van der Waals surface area contributed by atoms with Crippen molar-refractivity contribution in [2.24, 2.45) is 0 Å². The van der Waals surface area contributed by atoms with Crippen LogP contribution in [0.5, 0.6) is 0 Å². The van der Waals surface area contributed by atoms with E-state index < -0.39 is 0 Å². The van der Waals surface area contributed by atoms with Gasteiger partial charge in [-0.05, 0) is 36.4 Å². The smallest absolute Gasteiger partial charge is 0.337 e. The number of rotatable bonds is 5. The number of nitrogens with zero attached hydrogens (tertiary/aromatic N) is 2. The van der Waals surface area contributed by atoms with Crippen LogP contribution in [0, 0.1) is 0 Å². The highest BCUT2D eigenvalue weighted by atomic mass is 35.5. The van der Waals surface area contributed by atoms with Crippen molar-refractivity contribution in [2.75, 3.05) is 17.7 Å². The monoisotopic (exact) mass is 354 g/mol. The topological polar surface area (TPSA) is 76.1 Å². The fourth-order valence-corrected chi connectivity index (χ4v) is 2.33. The molecule has 7 heteroatoms. The summed E-state index contributed by atoms with van der Waals surface area (Å²) in [5.74, 6) is 0.840. The third-order valence-corrected chi connectivity index (χ3v) is 3.71. The van der Waals surface area contributed by atoms with E-state index in [4.69, 9.17) is 11.6 Å². The maximum Gasteiger partial charge on any atom is 0.337 e. The molecular weight excluding hydrogens is 340 g/mol. The number of carbonyl (C=O) groups is 1. The van der Waals surface area contributed by atoms with Crippen LogP contribution in [-0.4, -0.2) is 23.0 Å². The van der Waals surface area contributed by atoms with Gasteiger partial charge < -0.3 is 15.4 Å². The number of hydrogen-bond acceptors (Lipinski definition) is 6. The molecule has 2 aromatic carbocycles. The van der Waals surface area contributed by atoms with E-state index in [1.165, 1.54) is 13.4 Å². The zero-order chi connectivity index (χ0) is 17.6. The standard InChI is InChI=1S/C18H15ClN4O2/c1-25-18(24)12-6-8-13(9-7-12)22-16-10-17(21-11-20-16)23-15-5-3-2-4-14(15)19/h2-11H,1H3,(H2,20,21,22,23). The zero-order valence-electron chi connectivity index (χ0n) is 13.4. The summed E-state index contributed by atoms with van der Waals surface area (Å²) in [5, 5.41) is 6.90. The summed E-state index contributed by atoms with van der Waals surface area (Å²) in [6.07, 6.45) is 1.45. The average Bonchev–Trinajstić information content (AvgIpc) is 2.64. The lowest BCUT2D eigenvalue weighted by Crippen LogP contribution is -2.01. The van der Waals surface area contributed by atoms with E-state index >= 15 is 0 Å². The maximum absolute atomic E-state index is 11.4. The zero-order valence-corrected chi connectivity index (χ0v) is 14.1. The molecule has 1 heterocycles. The van der Waals surface area contributed by atoms with Crippen molar-refractivity contribution in [2.45, 2.75) is 0 Å². The summed E-state index contributed by atoms with van der Waals surface area (Å²) in [5.41, 5.74) is 2.03. The lowest BCUT2D eigenvalue weighted by molar-refractivity contribution is 0.0601. The Hall–Kier alpha value is -3.12. The van der Waals surface area contributed by atoms with Gasteiger partial charge in [-0.3, -0.25) is 0 Å². The van der Waals surface area contributed by atoms with Gasteiger partial charge in [-0.15, -0.1) is 0 Å². The number of esters is 1. The number of anilines is 4. The van der Waals surface area contributed by atoms with E-state index in [1.807, 2.05) is 18.2 Å². The van der Waals surface area contributed by atoms with Crippen LogP contribution in [0.3, 0.4) is 0 Å². The Balaban J connectivity index is 1.73. The SMILES string of the molecule is COC(=O)c1ccc(Nc2cc(Nc3ccccc3Cl)ncn2)cc1. The van der Waals surface area contributed by atoms with Crippen molar-refractivity contribution >= 4 is 40.6 Å². The van der Waals surface area contributed by atoms with E-state index in [-0.39, 0.29) is 5.97 Å². The molecule has 0 saturated heterocycles. The number of methoxy groups -OCH3 is 1. The number of halogens is 1. The minimum absolute atomic E-state index is 0.375. The van der Waals surface area contributed by atoms with Crippen molar-refractivity contribution in [1.29, 1.82) is 0 Å². The Bertz CT molecular complexity index is 884. The number of hydrogen-bond donors (Lipinski definition) is 2. The number of ether oxygens (including phenoxy) is 1. The van der Waals surface area contributed by atoms with E-state index in [0.29, 0.717) is 22.2 Å². The Morgan fingerprint density at radius 1 is 1.00 bits per heavy atom. The summed E-state index contributed by atoms with van der Waals surface area (Å²) in [7, 11) is 1.35. The molecule has 0 radical (unpaired) electrons. The first-order valence-corrected chi connectivity index (χ1v) is 7.82. The minimum atomic E-state index is -0.375. The van der Waals surface area contributed by atoms with E-state index in [2.05, 4.69) is 25.3 Å². The van der Waals surface area contributed by atoms with Gasteiger partial charge in [-0.2, -0.15) is 0 Å². The van der Waals surface area contributed by atoms with Gasteiger partial charge in [0.25, 0.3) is 0 Å². The first-order chi connectivity index (χ1) is 12.2. The van der Waals surface area contributed by atoms with Crippen LogP contribution >= 0.6 is 11.6 Å². The van der Waals surface area contributed by atoms with Crippen LogP contribution in [0.25, 0.3) is 0 Å². The molecule has 0 aliphatic carbocycles. The highest BCUT2D eigenvalue weighted by Crippen LogP contribution is 2.25. The Morgan fingerprint density at radius 3 is 2.36 bits per heavy atom. The van der Waals surface area contributed by atoms with Gasteiger partial charge in [-0.1, -0.05) is 23.7 Å². The summed E-state index contributed by atoms with van der Waals surface area (Å²) in [6.45, 7) is 0. The van der Waals surface area contributed by atoms with E-state index in [1.54, 1.807) is 36.4 Å². The van der Waals surface area contributed by atoms with Gasteiger partial charge >= 0.3 is 5.97 Å². The molecule has 0 unspecified atom stereocenters. The highest BCUT2D eigenvalue weighted by Gasteiger charge is 2.06. The van der Waals surface area contributed by atoms with Gasteiger partial charge in [0.15, 0.2) is 0 Å². The second-order valence-electron chi connectivity index (χ2n) is 5.09. The van der Waals surface area contributed by atoms with Crippen LogP contribution in [-0.2, 0) is 4.74 Å². The number of nitrogens with one attached hydrogen (secondary N) is 2. The van der Waals surface area contributed by atoms with Gasteiger partial charge in [0.1, 0.15) is 18.0 Å². The molecule has 0 saturated carbocycles. The van der Waals surface area contributed by atoms with Crippen molar-refractivity contribution in [1.82, 2.24) is 9.97 Å². The lowest BCUT2D eigenvalue weighted by atomic mass is 10.2. The summed E-state index contributed by atoms with van der Waals surface area (Å²) in [4.78, 5) is 19.8. The molecule has 0 fully saturated rings. The van der Waals surface area contributed by atoms with Crippen LogP contribution in [0.1, 0.15) is 10.4 Å². The van der Waals surface area contributed by atoms with Gasteiger partial charge in [0.05, 0.1) is 23.4 Å². The summed E-state index contributed by atoms with van der Waals surface area (Å²) >= 11 is 6.14. The average molecular weight is 355 g/mol. The number of aromatic nitrogens is 2. The second kappa shape index (κ2) is 7.63. The van der Waals surface area contributed by atoms with Crippen molar-refractivity contribution < 1.29 is 9.53 Å². The predicted molar refractivity (Wildman–Crippen MR) is 97.8 cm³/mol. The van der Waals surface area contributed by atoms with Crippen LogP contribution in [0.15, 0.2) is 60.9 Å². The van der Waals surface area contributed by atoms with E-state index in [9.17, 15) is 4.79 Å². The molecule has 0 aliphatic rings. The largest absolute Gasteiger partial charge is 0.465 e. The number of carbonyl (C=O) groups excluding carboxylic acids is 1. The van der Waals surface area contributed by atoms with Crippen LogP contribution in [0.4, 0.5) is 23.0 Å². The second-order valence-corrected chi connectivity index (χ2v) is 5.49. The van der Waals surface area contributed by atoms with Gasteiger partial charge in [0.2, 0.25) is 0 Å². The molecule has 0 spiro atoms. The molecule has 0 bridgehead atoms. The fraction of sp³-hybridized carbons (Fsp3) is 0.0556. The molecule has 0 amide bonds. The third-order valence-electron chi connectivity index (χ3n) is 3.38. The first kappa shape index (κ1) is 16.7. The number of benzene rings is 2. The molecule has 0 atom stereocenters. The number of para-hydroxylation sites is 1. The molecule has 3 aromatic rings.